The molecule has 1 saturated heterocycles. The maximum atomic E-state index is 6.43. The van der Waals surface area contributed by atoms with Crippen molar-refractivity contribution in [1.82, 2.24) is 9.97 Å². The van der Waals surface area contributed by atoms with E-state index in [1.54, 1.807) is 20.5 Å². The molecule has 0 amide bonds. The van der Waals surface area contributed by atoms with E-state index in [-0.39, 0.29) is 0 Å². The molecule has 0 bridgehead atoms. The van der Waals surface area contributed by atoms with Gasteiger partial charge in [0, 0.05) is 39.9 Å². The monoisotopic (exact) mass is 323 g/mol. The Hall–Kier alpha value is -1.60. The topological polar surface area (TPSA) is 76.7 Å². The normalized spacial score (nSPS) is 18.2. The average Bonchev–Trinajstić information content (AvgIpc) is 2.57. The van der Waals surface area contributed by atoms with Gasteiger partial charge in [0.25, 0.3) is 0 Å². The Morgan fingerprint density at radius 1 is 1.22 bits per heavy atom. The van der Waals surface area contributed by atoms with Gasteiger partial charge in [0.05, 0.1) is 13.2 Å². The molecule has 1 fully saturated rings. The number of methoxy groups -OCH3 is 2. The van der Waals surface area contributed by atoms with Gasteiger partial charge in [0.1, 0.15) is 12.0 Å². The lowest BCUT2D eigenvalue weighted by molar-refractivity contribution is 0.190. The molecule has 0 radical (unpaired) electrons. The smallest absolute Gasteiger partial charge is 0.157 e. The second kappa shape index (κ2) is 8.88. The standard InChI is InChI=1S/C16H29N5O2/c1-13-6-4-5-7-21(13)16-14(17)15(18-12-19-16)20(8-10-22-2)9-11-23-3/h12-13H,4-11,17H2,1-3H3. The number of ether oxygens (including phenoxy) is 2. The summed E-state index contributed by atoms with van der Waals surface area (Å²) >= 11 is 0. The first kappa shape index (κ1) is 17.7. The van der Waals surface area contributed by atoms with Crippen LogP contribution in [0.1, 0.15) is 26.2 Å². The number of nitrogen functional groups attached to an aromatic ring is 1. The molecule has 2 heterocycles. The lowest BCUT2D eigenvalue weighted by Crippen LogP contribution is -2.39. The van der Waals surface area contributed by atoms with Crippen LogP contribution in [0.15, 0.2) is 6.33 Å². The van der Waals surface area contributed by atoms with Crippen molar-refractivity contribution in [2.75, 3.05) is 62.6 Å². The van der Waals surface area contributed by atoms with Gasteiger partial charge < -0.3 is 25.0 Å². The Morgan fingerprint density at radius 2 is 1.91 bits per heavy atom. The van der Waals surface area contributed by atoms with Gasteiger partial charge in [-0.2, -0.15) is 0 Å². The SMILES string of the molecule is COCCN(CCOC)c1ncnc(N2CCCCC2C)c1N. The largest absolute Gasteiger partial charge is 0.393 e. The van der Waals surface area contributed by atoms with Crippen LogP contribution in [-0.2, 0) is 9.47 Å². The molecule has 0 aromatic carbocycles. The Labute approximate surface area is 138 Å². The van der Waals surface area contributed by atoms with Crippen molar-refractivity contribution in [2.45, 2.75) is 32.2 Å². The number of hydrogen-bond donors (Lipinski definition) is 1. The molecular formula is C16H29N5O2. The molecule has 0 saturated carbocycles. The highest BCUT2D eigenvalue weighted by Crippen LogP contribution is 2.32. The summed E-state index contributed by atoms with van der Waals surface area (Å²) in [7, 11) is 3.39. The summed E-state index contributed by atoms with van der Waals surface area (Å²) in [6, 6.07) is 0.459. The zero-order chi connectivity index (χ0) is 16.7. The van der Waals surface area contributed by atoms with E-state index in [1.165, 1.54) is 19.3 Å². The number of piperidine rings is 1. The van der Waals surface area contributed by atoms with Crippen molar-refractivity contribution in [3.8, 4) is 0 Å². The van der Waals surface area contributed by atoms with E-state index in [0.717, 1.165) is 31.3 Å². The molecule has 1 atom stereocenters. The fraction of sp³-hybridized carbons (Fsp3) is 0.750. The van der Waals surface area contributed by atoms with Crippen molar-refractivity contribution in [3.63, 3.8) is 0 Å². The number of hydrogen-bond acceptors (Lipinski definition) is 7. The minimum atomic E-state index is 0.459. The first-order chi connectivity index (χ1) is 11.2. The molecule has 0 spiro atoms. The summed E-state index contributed by atoms with van der Waals surface area (Å²) in [5.74, 6) is 1.61. The van der Waals surface area contributed by atoms with Crippen molar-refractivity contribution in [1.29, 1.82) is 0 Å². The Kier molecular flexibility index (Phi) is 6.85. The van der Waals surface area contributed by atoms with Gasteiger partial charge >= 0.3 is 0 Å². The molecular weight excluding hydrogens is 294 g/mol. The van der Waals surface area contributed by atoms with E-state index >= 15 is 0 Å². The van der Waals surface area contributed by atoms with Crippen LogP contribution < -0.4 is 15.5 Å². The summed E-state index contributed by atoms with van der Waals surface area (Å²) < 4.78 is 10.4. The molecule has 1 aliphatic rings. The number of rotatable bonds is 8. The third-order valence-electron chi connectivity index (χ3n) is 4.35. The lowest BCUT2D eigenvalue weighted by Gasteiger charge is -2.36. The van der Waals surface area contributed by atoms with Gasteiger partial charge in [-0.25, -0.2) is 9.97 Å². The quantitative estimate of drug-likeness (QED) is 0.777. The fourth-order valence-corrected chi connectivity index (χ4v) is 3.00. The van der Waals surface area contributed by atoms with Crippen LogP contribution in [0.2, 0.25) is 0 Å². The number of anilines is 3. The molecule has 2 N–H and O–H groups in total. The van der Waals surface area contributed by atoms with Gasteiger partial charge in [0.15, 0.2) is 11.6 Å². The van der Waals surface area contributed by atoms with E-state index < -0.39 is 0 Å². The summed E-state index contributed by atoms with van der Waals surface area (Å²) in [6.45, 7) is 5.89. The van der Waals surface area contributed by atoms with E-state index in [1.807, 2.05) is 0 Å². The van der Waals surface area contributed by atoms with Crippen LogP contribution in [-0.4, -0.2) is 63.1 Å². The van der Waals surface area contributed by atoms with E-state index in [4.69, 9.17) is 15.2 Å². The molecule has 1 unspecified atom stereocenters. The number of nitrogens with zero attached hydrogens (tertiary/aromatic N) is 4. The molecule has 1 aliphatic heterocycles. The maximum Gasteiger partial charge on any atom is 0.157 e. The summed E-state index contributed by atoms with van der Waals surface area (Å²) in [5.41, 5.74) is 7.08. The molecule has 7 heteroatoms. The van der Waals surface area contributed by atoms with Crippen LogP contribution >= 0.6 is 0 Å². The van der Waals surface area contributed by atoms with Gasteiger partial charge in [-0.15, -0.1) is 0 Å². The first-order valence-corrected chi connectivity index (χ1v) is 8.29. The lowest BCUT2D eigenvalue weighted by atomic mass is 10.0. The summed E-state index contributed by atoms with van der Waals surface area (Å²) in [4.78, 5) is 13.3. The summed E-state index contributed by atoms with van der Waals surface area (Å²) in [6.07, 6.45) is 5.23. The highest BCUT2D eigenvalue weighted by molar-refractivity contribution is 5.76. The summed E-state index contributed by atoms with van der Waals surface area (Å²) in [5, 5.41) is 0. The molecule has 1 aromatic rings. The Balaban J connectivity index is 2.24. The van der Waals surface area contributed by atoms with Crippen molar-refractivity contribution in [2.24, 2.45) is 0 Å². The maximum absolute atomic E-state index is 6.43. The Morgan fingerprint density at radius 3 is 2.52 bits per heavy atom. The van der Waals surface area contributed by atoms with Gasteiger partial charge in [-0.3, -0.25) is 0 Å². The van der Waals surface area contributed by atoms with Gasteiger partial charge in [-0.05, 0) is 26.2 Å². The third-order valence-corrected chi connectivity index (χ3v) is 4.35. The minimum absolute atomic E-state index is 0.459. The number of aromatic nitrogens is 2. The fourth-order valence-electron chi connectivity index (χ4n) is 3.00. The molecule has 7 nitrogen and oxygen atoms in total. The van der Waals surface area contributed by atoms with Crippen LogP contribution in [0.5, 0.6) is 0 Å². The van der Waals surface area contributed by atoms with Crippen LogP contribution in [0.4, 0.5) is 17.3 Å². The highest BCUT2D eigenvalue weighted by Gasteiger charge is 2.24. The van der Waals surface area contributed by atoms with E-state index in [9.17, 15) is 0 Å². The molecule has 130 valence electrons. The van der Waals surface area contributed by atoms with Gasteiger partial charge in [-0.1, -0.05) is 0 Å². The van der Waals surface area contributed by atoms with Crippen molar-refractivity contribution in [3.05, 3.63) is 6.33 Å². The highest BCUT2D eigenvalue weighted by atomic mass is 16.5. The predicted octanol–water partition coefficient (Wildman–Crippen LogP) is 1.54. The molecule has 2 rings (SSSR count). The zero-order valence-corrected chi connectivity index (χ0v) is 14.5. The first-order valence-electron chi connectivity index (χ1n) is 8.29. The molecule has 23 heavy (non-hydrogen) atoms. The van der Waals surface area contributed by atoms with Crippen LogP contribution in [0.25, 0.3) is 0 Å². The van der Waals surface area contributed by atoms with Crippen molar-refractivity contribution >= 4 is 17.3 Å². The zero-order valence-electron chi connectivity index (χ0n) is 14.5. The van der Waals surface area contributed by atoms with Crippen LogP contribution in [0, 0.1) is 0 Å². The second-order valence-electron chi connectivity index (χ2n) is 5.95. The second-order valence-corrected chi connectivity index (χ2v) is 5.95. The van der Waals surface area contributed by atoms with E-state index in [0.29, 0.717) is 24.9 Å². The van der Waals surface area contributed by atoms with Crippen molar-refractivity contribution < 1.29 is 9.47 Å². The van der Waals surface area contributed by atoms with Gasteiger partial charge in [0.2, 0.25) is 0 Å². The minimum Gasteiger partial charge on any atom is -0.393 e. The third kappa shape index (κ3) is 4.45. The molecule has 1 aromatic heterocycles. The number of nitrogens with two attached hydrogens (primary N) is 1. The molecule has 0 aliphatic carbocycles. The average molecular weight is 323 g/mol. The van der Waals surface area contributed by atoms with Crippen LogP contribution in [0.3, 0.4) is 0 Å². The van der Waals surface area contributed by atoms with E-state index in [2.05, 4.69) is 26.7 Å². The predicted molar refractivity (Wildman–Crippen MR) is 93.1 cm³/mol. The Bertz CT molecular complexity index is 478.